The summed E-state index contributed by atoms with van der Waals surface area (Å²) in [6.07, 6.45) is 0. The largest absolute Gasteiger partial charge is 0.380 e. The van der Waals surface area contributed by atoms with Crippen LogP contribution in [0.2, 0.25) is 0 Å². The lowest BCUT2D eigenvalue weighted by atomic mass is 10.0. The second-order valence-electron chi connectivity index (χ2n) is 5.01. The third kappa shape index (κ3) is 2.72. The Morgan fingerprint density at radius 2 is 1.75 bits per heavy atom. The van der Waals surface area contributed by atoms with Crippen molar-refractivity contribution in [2.45, 2.75) is 40.2 Å². The lowest BCUT2D eigenvalue weighted by Crippen LogP contribution is -2.26. The Morgan fingerprint density at radius 1 is 1.19 bits per heavy atom. The summed E-state index contributed by atoms with van der Waals surface area (Å²) in [4.78, 5) is 10.4. The molecule has 0 radical (unpaired) electrons. The van der Waals surface area contributed by atoms with Gasteiger partial charge >= 0.3 is 0 Å². The van der Waals surface area contributed by atoms with E-state index >= 15 is 0 Å². The molecule has 0 saturated heterocycles. The molecule has 1 aromatic carbocycles. The van der Waals surface area contributed by atoms with Gasteiger partial charge in [0, 0.05) is 22.9 Å². The van der Waals surface area contributed by atoms with E-state index in [0.29, 0.717) is 0 Å². The van der Waals surface area contributed by atoms with Crippen LogP contribution >= 0.6 is 0 Å². The Kier molecular flexibility index (Phi) is 3.21. The molecule has 88 valence electrons. The molecule has 0 spiro atoms. The van der Waals surface area contributed by atoms with E-state index in [1.165, 1.54) is 0 Å². The predicted molar refractivity (Wildman–Crippen MR) is 65.9 cm³/mol. The molecule has 4 nitrogen and oxygen atoms in total. The topological polar surface area (TPSA) is 55.2 Å². The van der Waals surface area contributed by atoms with Crippen LogP contribution in [-0.4, -0.2) is 10.5 Å². The quantitative estimate of drug-likeness (QED) is 0.616. The van der Waals surface area contributed by atoms with Crippen molar-refractivity contribution in [1.82, 2.24) is 0 Å². The summed E-state index contributed by atoms with van der Waals surface area (Å²) in [5, 5.41) is 14.1. The SMILES string of the molecule is Cc1c(NC(C)(C)C)ccc([N+](=O)[O-])c1C. The van der Waals surface area contributed by atoms with E-state index in [4.69, 9.17) is 0 Å². The van der Waals surface area contributed by atoms with Crippen LogP contribution in [0.5, 0.6) is 0 Å². The fraction of sp³-hybridized carbons (Fsp3) is 0.500. The lowest BCUT2D eigenvalue weighted by Gasteiger charge is -2.24. The van der Waals surface area contributed by atoms with Crippen LogP contribution in [0, 0.1) is 24.0 Å². The smallest absolute Gasteiger partial charge is 0.272 e. The van der Waals surface area contributed by atoms with Crippen LogP contribution in [0.4, 0.5) is 11.4 Å². The van der Waals surface area contributed by atoms with E-state index in [-0.39, 0.29) is 16.1 Å². The summed E-state index contributed by atoms with van der Waals surface area (Å²) in [5.74, 6) is 0. The maximum atomic E-state index is 10.8. The fourth-order valence-corrected chi connectivity index (χ4v) is 1.54. The maximum absolute atomic E-state index is 10.8. The minimum atomic E-state index is -0.344. The molecule has 1 N–H and O–H groups in total. The van der Waals surface area contributed by atoms with E-state index in [1.807, 2.05) is 6.92 Å². The molecule has 0 fully saturated rings. The van der Waals surface area contributed by atoms with Crippen molar-refractivity contribution in [2.75, 3.05) is 5.32 Å². The molecular weight excluding hydrogens is 204 g/mol. The normalized spacial score (nSPS) is 11.3. The van der Waals surface area contributed by atoms with Gasteiger partial charge in [0.2, 0.25) is 0 Å². The molecule has 1 aromatic rings. The van der Waals surface area contributed by atoms with Gasteiger partial charge < -0.3 is 5.32 Å². The van der Waals surface area contributed by atoms with E-state index in [2.05, 4.69) is 26.1 Å². The van der Waals surface area contributed by atoms with Crippen LogP contribution in [-0.2, 0) is 0 Å². The van der Waals surface area contributed by atoms with Crippen LogP contribution in [0.1, 0.15) is 31.9 Å². The number of nitrogens with zero attached hydrogens (tertiary/aromatic N) is 1. The van der Waals surface area contributed by atoms with Gasteiger partial charge in [-0.2, -0.15) is 0 Å². The van der Waals surface area contributed by atoms with Crippen LogP contribution in [0.3, 0.4) is 0 Å². The zero-order chi connectivity index (χ0) is 12.5. The predicted octanol–water partition coefficient (Wildman–Crippen LogP) is 3.42. The summed E-state index contributed by atoms with van der Waals surface area (Å²) in [7, 11) is 0. The number of nitrogens with one attached hydrogen (secondary N) is 1. The van der Waals surface area contributed by atoms with Crippen molar-refractivity contribution in [3.8, 4) is 0 Å². The molecule has 0 unspecified atom stereocenters. The Bertz CT molecular complexity index is 420. The van der Waals surface area contributed by atoms with Crippen LogP contribution in [0.25, 0.3) is 0 Å². The Balaban J connectivity index is 3.17. The van der Waals surface area contributed by atoms with Crippen LogP contribution in [0.15, 0.2) is 12.1 Å². The lowest BCUT2D eigenvalue weighted by molar-refractivity contribution is -0.385. The number of nitro benzene ring substituents is 1. The van der Waals surface area contributed by atoms with Crippen LogP contribution < -0.4 is 5.32 Å². The summed E-state index contributed by atoms with van der Waals surface area (Å²) >= 11 is 0. The first-order chi connectivity index (χ1) is 7.22. The average molecular weight is 222 g/mol. The highest BCUT2D eigenvalue weighted by Crippen LogP contribution is 2.28. The van der Waals surface area contributed by atoms with Gasteiger partial charge in [0.25, 0.3) is 5.69 Å². The first kappa shape index (κ1) is 12.5. The number of rotatable bonds is 2. The molecule has 4 heteroatoms. The summed E-state index contributed by atoms with van der Waals surface area (Å²) in [5.41, 5.74) is 2.74. The number of benzene rings is 1. The van der Waals surface area contributed by atoms with Gasteiger partial charge in [-0.05, 0) is 46.2 Å². The molecule has 0 aliphatic heterocycles. The summed E-state index contributed by atoms with van der Waals surface area (Å²) in [6.45, 7) is 9.85. The summed E-state index contributed by atoms with van der Waals surface area (Å²) in [6, 6.07) is 3.32. The zero-order valence-corrected chi connectivity index (χ0v) is 10.4. The average Bonchev–Trinajstić information content (AvgIpc) is 2.10. The highest BCUT2D eigenvalue weighted by Gasteiger charge is 2.17. The molecule has 0 aliphatic rings. The fourth-order valence-electron chi connectivity index (χ4n) is 1.54. The van der Waals surface area contributed by atoms with Crippen molar-refractivity contribution >= 4 is 11.4 Å². The second kappa shape index (κ2) is 4.12. The minimum Gasteiger partial charge on any atom is -0.380 e. The molecule has 0 aromatic heterocycles. The number of hydrogen-bond donors (Lipinski definition) is 1. The van der Waals surface area contributed by atoms with Crippen molar-refractivity contribution in [3.63, 3.8) is 0 Å². The molecule has 0 atom stereocenters. The van der Waals surface area contributed by atoms with E-state index in [9.17, 15) is 10.1 Å². The van der Waals surface area contributed by atoms with Gasteiger partial charge in [0.15, 0.2) is 0 Å². The van der Waals surface area contributed by atoms with E-state index in [0.717, 1.165) is 16.8 Å². The Labute approximate surface area is 95.8 Å². The van der Waals surface area contributed by atoms with Crippen molar-refractivity contribution in [3.05, 3.63) is 33.4 Å². The van der Waals surface area contributed by atoms with Crippen molar-refractivity contribution in [1.29, 1.82) is 0 Å². The standard InChI is InChI=1S/C12H18N2O2/c1-8-9(2)11(14(15)16)7-6-10(8)13-12(3,4)5/h6-7,13H,1-5H3. The molecule has 1 rings (SSSR count). The number of hydrogen-bond acceptors (Lipinski definition) is 3. The monoisotopic (exact) mass is 222 g/mol. The van der Waals surface area contributed by atoms with E-state index < -0.39 is 0 Å². The van der Waals surface area contributed by atoms with E-state index in [1.54, 1.807) is 19.1 Å². The molecule has 0 bridgehead atoms. The first-order valence-electron chi connectivity index (χ1n) is 5.25. The number of anilines is 1. The first-order valence-corrected chi connectivity index (χ1v) is 5.25. The molecule has 0 aliphatic carbocycles. The van der Waals surface area contributed by atoms with Gasteiger partial charge in [-0.25, -0.2) is 0 Å². The highest BCUT2D eigenvalue weighted by molar-refractivity contribution is 5.61. The Hall–Kier alpha value is -1.58. The molecule has 16 heavy (non-hydrogen) atoms. The van der Waals surface area contributed by atoms with Crippen molar-refractivity contribution < 1.29 is 4.92 Å². The second-order valence-corrected chi connectivity index (χ2v) is 5.01. The minimum absolute atomic E-state index is 0.0483. The Morgan fingerprint density at radius 3 is 2.19 bits per heavy atom. The molecule has 0 amide bonds. The molecular formula is C12H18N2O2. The number of nitro groups is 1. The molecule has 0 heterocycles. The van der Waals surface area contributed by atoms with Gasteiger partial charge in [-0.1, -0.05) is 0 Å². The van der Waals surface area contributed by atoms with Gasteiger partial charge in [0.05, 0.1) is 4.92 Å². The van der Waals surface area contributed by atoms with Gasteiger partial charge in [-0.15, -0.1) is 0 Å². The van der Waals surface area contributed by atoms with Gasteiger partial charge in [-0.3, -0.25) is 10.1 Å². The van der Waals surface area contributed by atoms with Crippen molar-refractivity contribution in [2.24, 2.45) is 0 Å². The third-order valence-corrected chi connectivity index (χ3v) is 2.46. The molecule has 0 saturated carbocycles. The highest BCUT2D eigenvalue weighted by atomic mass is 16.6. The maximum Gasteiger partial charge on any atom is 0.272 e. The zero-order valence-electron chi connectivity index (χ0n) is 10.4. The third-order valence-electron chi connectivity index (χ3n) is 2.46. The van der Waals surface area contributed by atoms with Gasteiger partial charge in [0.1, 0.15) is 0 Å². The summed E-state index contributed by atoms with van der Waals surface area (Å²) < 4.78 is 0.